The first kappa shape index (κ1) is 57.7. The highest BCUT2D eigenvalue weighted by Gasteiger charge is 2.33. The predicted molar refractivity (Wildman–Crippen MR) is 234 cm³/mol. The van der Waals surface area contributed by atoms with Gasteiger partial charge in [0.1, 0.15) is 24.7 Å². The Balaban J connectivity index is 0. The fraction of sp³-hybridized carbons (Fsp3) is 0.744. The van der Waals surface area contributed by atoms with E-state index < -0.39 is 5.54 Å². The number of amides is 2. The molecule has 0 fully saturated rings. The first-order valence-corrected chi connectivity index (χ1v) is 21.5. The predicted octanol–water partition coefficient (Wildman–Crippen LogP) is 2.68. The summed E-state index contributed by atoms with van der Waals surface area (Å²) in [5, 5.41) is 11.8. The summed E-state index contributed by atoms with van der Waals surface area (Å²) in [6.45, 7) is 5.57. The molecule has 0 aliphatic rings. The van der Waals surface area contributed by atoms with Crippen molar-refractivity contribution >= 4 is 30.4 Å². The van der Waals surface area contributed by atoms with Gasteiger partial charge in [-0.3, -0.25) is 14.4 Å². The molecule has 0 saturated carbocycles. The topological polar surface area (TPSA) is 248 Å². The number of hydrogen-bond donors (Lipinski definition) is 7. The van der Waals surface area contributed by atoms with Crippen LogP contribution in [0.25, 0.3) is 0 Å². The van der Waals surface area contributed by atoms with Gasteiger partial charge in [-0.1, -0.05) is 68.9 Å². The van der Waals surface area contributed by atoms with E-state index in [9.17, 15) is 24.0 Å². The van der Waals surface area contributed by atoms with E-state index in [-0.39, 0.29) is 76.7 Å². The highest BCUT2D eigenvalue weighted by atomic mass is 16.5. The summed E-state index contributed by atoms with van der Waals surface area (Å²) in [6, 6.07) is 9.65. The molecule has 16 heteroatoms. The summed E-state index contributed by atoms with van der Waals surface area (Å²) in [5.74, 6) is -0.494. The van der Waals surface area contributed by atoms with Crippen LogP contribution in [0.4, 0.5) is 0 Å². The number of nitrogens with one attached hydrogen (secondary N) is 4. The highest BCUT2D eigenvalue weighted by molar-refractivity contribution is 5.77. The van der Waals surface area contributed by atoms with Crippen LogP contribution in [0.3, 0.4) is 0 Å². The lowest BCUT2D eigenvalue weighted by atomic mass is 10.0. The standard InChI is InChI=1S/C35H57N3O9.2C4H12N2/c36-20-12-21-37-32(41)19-26-46-30-35(28-44-24-13-22-39,29-45-25-14-23-40)38-33(42)17-10-5-3-1-2-4-6-11-18-34(43)47-27-31-15-8-7-9-16-31;2*1-6-4-2-3-5/h7-9,15-16,22-23H,1-6,10-14,17-21,24-30,36H2,(H,37,41)(H,38,42);2*6H,2-5H2,1H3. The molecule has 10 N–H and O–H groups in total. The average Bonchev–Trinajstić information content (AvgIpc) is 3.24. The van der Waals surface area contributed by atoms with Crippen LogP contribution in [0.15, 0.2) is 30.3 Å². The van der Waals surface area contributed by atoms with Crippen molar-refractivity contribution in [3.63, 3.8) is 0 Å². The molecule has 0 bridgehead atoms. The molecule has 2 amide bonds. The van der Waals surface area contributed by atoms with Crippen LogP contribution in [0.5, 0.6) is 0 Å². The fourth-order valence-corrected chi connectivity index (χ4v) is 5.22. The Hall–Kier alpha value is -3.35. The summed E-state index contributed by atoms with van der Waals surface area (Å²) in [6.07, 6.45) is 13.3. The zero-order valence-corrected chi connectivity index (χ0v) is 36.5. The zero-order valence-electron chi connectivity index (χ0n) is 36.5. The summed E-state index contributed by atoms with van der Waals surface area (Å²) in [4.78, 5) is 58.5. The molecule has 0 atom stereocenters. The van der Waals surface area contributed by atoms with Crippen molar-refractivity contribution < 1.29 is 42.9 Å². The largest absolute Gasteiger partial charge is 0.461 e. The van der Waals surface area contributed by atoms with Crippen LogP contribution in [-0.4, -0.2) is 129 Å². The molecule has 59 heavy (non-hydrogen) atoms. The Kier molecular flexibility index (Phi) is 44.8. The number of nitrogens with two attached hydrogens (primary N) is 3. The first-order chi connectivity index (χ1) is 28.8. The van der Waals surface area contributed by atoms with Gasteiger partial charge >= 0.3 is 5.97 Å². The van der Waals surface area contributed by atoms with Crippen LogP contribution in [0, 0.1) is 0 Å². The average molecular weight is 840 g/mol. The molecule has 0 unspecified atom stereocenters. The van der Waals surface area contributed by atoms with Crippen molar-refractivity contribution in [3.8, 4) is 0 Å². The van der Waals surface area contributed by atoms with E-state index in [0.29, 0.717) is 39.0 Å². The van der Waals surface area contributed by atoms with E-state index in [2.05, 4.69) is 21.3 Å². The molecule has 0 aromatic heterocycles. The monoisotopic (exact) mass is 840 g/mol. The molecule has 0 aliphatic carbocycles. The molecule has 0 saturated heterocycles. The molecule has 1 aromatic rings. The van der Waals surface area contributed by atoms with E-state index in [1.165, 1.54) is 0 Å². The van der Waals surface area contributed by atoms with Gasteiger partial charge in [0.25, 0.3) is 0 Å². The second kappa shape index (κ2) is 45.7. The first-order valence-electron chi connectivity index (χ1n) is 21.5. The van der Waals surface area contributed by atoms with Crippen LogP contribution in [-0.2, 0) is 49.5 Å². The van der Waals surface area contributed by atoms with E-state index >= 15 is 0 Å². The van der Waals surface area contributed by atoms with E-state index in [0.717, 1.165) is 109 Å². The normalized spacial score (nSPS) is 10.7. The Labute approximate surface area is 354 Å². The summed E-state index contributed by atoms with van der Waals surface area (Å²) >= 11 is 0. The van der Waals surface area contributed by atoms with Gasteiger partial charge in [0.15, 0.2) is 0 Å². The van der Waals surface area contributed by atoms with Crippen molar-refractivity contribution in [1.82, 2.24) is 21.3 Å². The third kappa shape index (κ3) is 41.2. The van der Waals surface area contributed by atoms with E-state index in [1.54, 1.807) is 0 Å². The van der Waals surface area contributed by atoms with E-state index in [1.807, 2.05) is 44.4 Å². The minimum Gasteiger partial charge on any atom is -0.461 e. The van der Waals surface area contributed by atoms with Gasteiger partial charge in [-0.2, -0.15) is 0 Å². The minimum absolute atomic E-state index is 0.0295. The second-order valence-corrected chi connectivity index (χ2v) is 14.1. The molecule has 1 aromatic carbocycles. The number of rotatable bonds is 38. The lowest BCUT2D eigenvalue weighted by molar-refractivity contribution is -0.145. The molecule has 342 valence electrons. The highest BCUT2D eigenvalue weighted by Crippen LogP contribution is 2.14. The maximum absolute atomic E-state index is 13.0. The van der Waals surface area contributed by atoms with Gasteiger partial charge in [0, 0.05) is 38.6 Å². The molecule has 0 radical (unpaired) electrons. The maximum atomic E-state index is 13.0. The fourth-order valence-electron chi connectivity index (χ4n) is 5.22. The molecule has 1 rings (SSSR count). The third-order valence-corrected chi connectivity index (χ3v) is 8.52. The van der Waals surface area contributed by atoms with Gasteiger partial charge in [0.2, 0.25) is 11.8 Å². The van der Waals surface area contributed by atoms with Crippen molar-refractivity contribution in [2.24, 2.45) is 17.2 Å². The van der Waals surface area contributed by atoms with E-state index in [4.69, 9.17) is 36.1 Å². The molecule has 16 nitrogen and oxygen atoms in total. The number of carbonyl (C=O) groups is 5. The van der Waals surface area contributed by atoms with Crippen molar-refractivity contribution in [3.05, 3.63) is 35.9 Å². The van der Waals surface area contributed by atoms with Crippen molar-refractivity contribution in [2.75, 3.05) is 93.0 Å². The van der Waals surface area contributed by atoms with Gasteiger partial charge in [-0.25, -0.2) is 0 Å². The number of unbranched alkanes of at least 4 members (excludes halogenated alkanes) is 7. The van der Waals surface area contributed by atoms with Crippen molar-refractivity contribution in [1.29, 1.82) is 0 Å². The van der Waals surface area contributed by atoms with Crippen LogP contribution >= 0.6 is 0 Å². The molecule has 0 spiro atoms. The van der Waals surface area contributed by atoms with Gasteiger partial charge in [-0.15, -0.1) is 0 Å². The SMILES string of the molecule is CNCCCN.CNCCCN.NCCCNC(=O)CCOCC(COCCC=O)(COCCC=O)NC(=O)CCCCCCCCCCC(=O)OCc1ccccc1. The maximum Gasteiger partial charge on any atom is 0.306 e. The minimum atomic E-state index is -1.05. The van der Waals surface area contributed by atoms with Gasteiger partial charge in [0.05, 0.1) is 39.6 Å². The molecular formula is C43H81N7O9. The second-order valence-electron chi connectivity index (χ2n) is 14.1. The van der Waals surface area contributed by atoms with Crippen LogP contribution in [0.1, 0.15) is 108 Å². The number of esters is 1. The number of aldehydes is 2. The van der Waals surface area contributed by atoms with Gasteiger partial charge in [-0.05, 0) is 84.5 Å². The van der Waals surface area contributed by atoms with Crippen LogP contribution < -0.4 is 38.5 Å². The smallest absolute Gasteiger partial charge is 0.306 e. The Morgan fingerprint density at radius 1 is 0.593 bits per heavy atom. The summed E-state index contributed by atoms with van der Waals surface area (Å²) < 4.78 is 22.5. The summed E-state index contributed by atoms with van der Waals surface area (Å²) in [5.41, 5.74) is 15.7. The lowest BCUT2D eigenvalue weighted by Crippen LogP contribution is -2.58. The third-order valence-electron chi connectivity index (χ3n) is 8.52. The lowest BCUT2D eigenvalue weighted by Gasteiger charge is -2.34. The molecule has 0 heterocycles. The molecular weight excluding hydrogens is 759 g/mol. The Morgan fingerprint density at radius 3 is 1.54 bits per heavy atom. The number of carbonyl (C=O) groups excluding carboxylic acids is 5. The van der Waals surface area contributed by atoms with Gasteiger partial charge < -0.3 is 67.0 Å². The quantitative estimate of drug-likeness (QED) is 0.0288. The zero-order chi connectivity index (χ0) is 43.9. The summed E-state index contributed by atoms with van der Waals surface area (Å²) in [7, 11) is 3.85. The molecule has 0 aliphatic heterocycles. The Bertz CT molecular complexity index is 1090. The number of ether oxygens (including phenoxy) is 4. The Morgan fingerprint density at radius 2 is 1.07 bits per heavy atom. The van der Waals surface area contributed by atoms with Crippen molar-refractivity contribution in [2.45, 2.75) is 115 Å². The van der Waals surface area contributed by atoms with Crippen LogP contribution in [0.2, 0.25) is 0 Å². The number of hydrogen-bond acceptors (Lipinski definition) is 14. The number of benzene rings is 1.